The number of carbonyl (C=O) groups excluding carboxylic acids is 1. The van der Waals surface area contributed by atoms with Crippen LogP contribution in [0.5, 0.6) is 17.2 Å². The molecule has 0 saturated carbocycles. The number of aryl methyl sites for hydroxylation is 2. The Morgan fingerprint density at radius 1 is 0.867 bits per heavy atom. The topological polar surface area (TPSA) is 72.8 Å². The van der Waals surface area contributed by atoms with Gasteiger partial charge in [-0.15, -0.1) is 0 Å². The van der Waals surface area contributed by atoms with Gasteiger partial charge in [-0.3, -0.25) is 4.79 Å². The monoisotopic (exact) mass is 444 g/mol. The first-order chi connectivity index (χ1) is 14.3. The second-order valence-corrected chi connectivity index (χ2v) is 7.45. The molecule has 3 aromatic rings. The number of hydrogen-bond donors (Lipinski definition) is 1. The molecule has 1 N–H and O–H groups in total. The summed E-state index contributed by atoms with van der Waals surface area (Å²) in [6.45, 7) is 3.15. The van der Waals surface area contributed by atoms with Gasteiger partial charge in [-0.1, -0.05) is 53.5 Å². The molecule has 154 valence electrons. The lowest BCUT2D eigenvalue weighted by Crippen LogP contribution is -2.09. The van der Waals surface area contributed by atoms with E-state index >= 15 is 0 Å². The average Bonchev–Trinajstić information content (AvgIpc) is 2.70. The third-order valence-corrected chi connectivity index (χ3v) is 4.86. The van der Waals surface area contributed by atoms with Crippen molar-refractivity contribution in [3.63, 3.8) is 0 Å². The van der Waals surface area contributed by atoms with Crippen molar-refractivity contribution >= 4 is 35.0 Å². The molecule has 3 aromatic carbocycles. The van der Waals surface area contributed by atoms with E-state index in [9.17, 15) is 9.59 Å². The smallest absolute Gasteiger partial charge is 0.341 e. The predicted molar refractivity (Wildman–Crippen MR) is 115 cm³/mol. The second kappa shape index (κ2) is 9.20. The minimum absolute atomic E-state index is 0.0793. The summed E-state index contributed by atoms with van der Waals surface area (Å²) in [5.74, 6) is -0.225. The summed E-state index contributed by atoms with van der Waals surface area (Å²) in [4.78, 5) is 23.4. The lowest BCUT2D eigenvalue weighted by atomic mass is 9.98. The van der Waals surface area contributed by atoms with Gasteiger partial charge >= 0.3 is 5.97 Å². The number of aliphatic carboxylic acids is 1. The largest absolute Gasteiger partial charge is 0.482 e. The van der Waals surface area contributed by atoms with Gasteiger partial charge in [-0.25, -0.2) is 4.79 Å². The molecule has 3 rings (SSSR count). The molecule has 0 aliphatic heterocycles. The van der Waals surface area contributed by atoms with Crippen LogP contribution in [-0.4, -0.2) is 23.5 Å². The lowest BCUT2D eigenvalue weighted by Gasteiger charge is -2.16. The number of ether oxygens (including phenoxy) is 2. The first-order valence-corrected chi connectivity index (χ1v) is 9.74. The van der Waals surface area contributed by atoms with Crippen molar-refractivity contribution in [1.82, 2.24) is 0 Å². The molecular weight excluding hydrogens is 427 g/mol. The van der Waals surface area contributed by atoms with Gasteiger partial charge in [0.25, 0.3) is 0 Å². The number of rotatable bonds is 7. The lowest BCUT2D eigenvalue weighted by molar-refractivity contribution is -0.139. The molecule has 5 nitrogen and oxygen atoms in total. The van der Waals surface area contributed by atoms with Crippen molar-refractivity contribution < 1.29 is 24.2 Å². The molecule has 0 fully saturated rings. The Kier molecular flexibility index (Phi) is 6.65. The Balaban J connectivity index is 1.89. The van der Waals surface area contributed by atoms with Gasteiger partial charge in [0.1, 0.15) is 11.5 Å². The van der Waals surface area contributed by atoms with Crippen LogP contribution in [0.3, 0.4) is 0 Å². The zero-order chi connectivity index (χ0) is 21.8. The van der Waals surface area contributed by atoms with E-state index in [1.165, 1.54) is 12.1 Å². The Labute approximate surface area is 183 Å². The Hall–Kier alpha value is -3.02. The van der Waals surface area contributed by atoms with Crippen molar-refractivity contribution in [2.24, 2.45) is 0 Å². The molecule has 0 spiro atoms. The van der Waals surface area contributed by atoms with Gasteiger partial charge in [0, 0.05) is 23.3 Å². The molecule has 0 saturated heterocycles. The van der Waals surface area contributed by atoms with E-state index in [0.717, 1.165) is 11.1 Å². The first-order valence-electron chi connectivity index (χ1n) is 8.98. The Morgan fingerprint density at radius 3 is 1.97 bits per heavy atom. The summed E-state index contributed by atoms with van der Waals surface area (Å²) in [7, 11) is 0. The summed E-state index contributed by atoms with van der Waals surface area (Å²) in [5, 5.41) is 9.06. The second-order valence-electron chi connectivity index (χ2n) is 6.63. The van der Waals surface area contributed by atoms with Crippen LogP contribution >= 0.6 is 23.2 Å². The summed E-state index contributed by atoms with van der Waals surface area (Å²) < 4.78 is 11.1. The highest BCUT2D eigenvalue weighted by Gasteiger charge is 2.17. The molecule has 0 unspecified atom stereocenters. The standard InChI is InChI=1S/C23H18Cl2O5/c1-13-8-16(21(28)15-6-4-3-5-7-15)9-14(2)22(13)30-23-18(24)10-17(11-19(23)25)29-12-20(26)27/h3-11H,12H2,1-2H3,(H,26,27). The van der Waals surface area contributed by atoms with Crippen LogP contribution in [0.4, 0.5) is 0 Å². The molecule has 0 amide bonds. The average molecular weight is 445 g/mol. The summed E-state index contributed by atoms with van der Waals surface area (Å²) in [6.07, 6.45) is 0. The van der Waals surface area contributed by atoms with Crippen molar-refractivity contribution in [2.45, 2.75) is 13.8 Å². The molecule has 30 heavy (non-hydrogen) atoms. The number of hydrogen-bond acceptors (Lipinski definition) is 4. The minimum Gasteiger partial charge on any atom is -0.482 e. The van der Waals surface area contributed by atoms with Gasteiger partial charge in [0.15, 0.2) is 18.1 Å². The Bertz CT molecular complexity index is 1060. The normalized spacial score (nSPS) is 10.5. The number of benzene rings is 3. The molecule has 0 aliphatic carbocycles. The fourth-order valence-corrected chi connectivity index (χ4v) is 3.51. The van der Waals surface area contributed by atoms with E-state index in [4.69, 9.17) is 37.8 Å². The SMILES string of the molecule is Cc1cc(C(=O)c2ccccc2)cc(C)c1Oc1c(Cl)cc(OCC(=O)O)cc1Cl. The van der Waals surface area contributed by atoms with E-state index < -0.39 is 12.6 Å². The van der Waals surface area contributed by atoms with E-state index in [1.54, 1.807) is 24.3 Å². The van der Waals surface area contributed by atoms with Gasteiger partial charge in [-0.2, -0.15) is 0 Å². The highest BCUT2D eigenvalue weighted by atomic mass is 35.5. The summed E-state index contributed by atoms with van der Waals surface area (Å²) >= 11 is 12.6. The predicted octanol–water partition coefficient (Wildman–Crippen LogP) is 6.10. The van der Waals surface area contributed by atoms with Crippen molar-refractivity contribution in [2.75, 3.05) is 6.61 Å². The van der Waals surface area contributed by atoms with Gasteiger partial charge in [0.2, 0.25) is 0 Å². The molecule has 0 radical (unpaired) electrons. The number of halogens is 2. The van der Waals surface area contributed by atoms with Crippen LogP contribution in [0.1, 0.15) is 27.0 Å². The number of carboxylic acids is 1. The maximum absolute atomic E-state index is 12.7. The van der Waals surface area contributed by atoms with Crippen molar-refractivity contribution in [1.29, 1.82) is 0 Å². The third-order valence-electron chi connectivity index (χ3n) is 4.30. The van der Waals surface area contributed by atoms with Crippen LogP contribution in [0, 0.1) is 13.8 Å². The quantitative estimate of drug-likeness (QED) is 0.445. The molecule has 0 aliphatic rings. The highest BCUT2D eigenvalue weighted by Crippen LogP contribution is 2.41. The van der Waals surface area contributed by atoms with Gasteiger partial charge in [-0.05, 0) is 37.1 Å². The van der Waals surface area contributed by atoms with Crippen molar-refractivity contribution in [3.8, 4) is 17.2 Å². The van der Waals surface area contributed by atoms with Crippen LogP contribution < -0.4 is 9.47 Å². The van der Waals surface area contributed by atoms with Crippen LogP contribution in [0.25, 0.3) is 0 Å². The Morgan fingerprint density at radius 2 is 1.43 bits per heavy atom. The third kappa shape index (κ3) is 4.93. The van der Waals surface area contributed by atoms with Crippen LogP contribution in [0.2, 0.25) is 10.0 Å². The van der Waals surface area contributed by atoms with E-state index in [-0.39, 0.29) is 27.3 Å². The molecule has 0 aromatic heterocycles. The number of ketones is 1. The summed E-state index contributed by atoms with van der Waals surface area (Å²) in [5.41, 5.74) is 2.64. The van der Waals surface area contributed by atoms with E-state index in [1.807, 2.05) is 32.0 Å². The van der Waals surface area contributed by atoms with Gasteiger partial charge < -0.3 is 14.6 Å². The van der Waals surface area contributed by atoms with Gasteiger partial charge in [0.05, 0.1) is 10.0 Å². The highest BCUT2D eigenvalue weighted by molar-refractivity contribution is 6.37. The van der Waals surface area contributed by atoms with Crippen LogP contribution in [0.15, 0.2) is 54.6 Å². The first kappa shape index (κ1) is 21.7. The minimum atomic E-state index is -1.11. The maximum Gasteiger partial charge on any atom is 0.341 e. The number of carbonyl (C=O) groups is 2. The van der Waals surface area contributed by atoms with E-state index in [2.05, 4.69) is 0 Å². The molecular formula is C23H18Cl2O5. The fraction of sp³-hybridized carbons (Fsp3) is 0.130. The zero-order valence-electron chi connectivity index (χ0n) is 16.2. The fourth-order valence-electron chi connectivity index (χ4n) is 2.96. The molecule has 7 heteroatoms. The van der Waals surface area contributed by atoms with Crippen LogP contribution in [-0.2, 0) is 4.79 Å². The van der Waals surface area contributed by atoms with E-state index in [0.29, 0.717) is 16.9 Å². The molecule has 0 bridgehead atoms. The number of carboxylic acid groups (broad SMARTS) is 1. The zero-order valence-corrected chi connectivity index (χ0v) is 17.8. The van der Waals surface area contributed by atoms with Crippen molar-refractivity contribution in [3.05, 3.63) is 86.9 Å². The maximum atomic E-state index is 12.7. The molecule has 0 heterocycles. The molecule has 0 atom stereocenters. The summed E-state index contributed by atoms with van der Waals surface area (Å²) in [6, 6.07) is 15.4.